The minimum Gasteiger partial charge on any atom is -0.394 e. The quantitative estimate of drug-likeness (QED) is 0.114. The molecule has 0 unspecified atom stereocenters. The molecule has 0 bridgehead atoms. The van der Waals surface area contributed by atoms with Gasteiger partial charge in [0.1, 0.15) is 42.7 Å². The first-order valence-corrected chi connectivity index (χ1v) is 20.4. The second-order valence-electron chi connectivity index (χ2n) is 19.9. The van der Waals surface area contributed by atoms with E-state index in [1.807, 2.05) is 0 Å². The van der Waals surface area contributed by atoms with E-state index in [0.29, 0.717) is 31.1 Å². The van der Waals surface area contributed by atoms with Crippen LogP contribution in [0, 0.1) is 45.3 Å². The molecule has 19 atom stereocenters. The van der Waals surface area contributed by atoms with Crippen molar-refractivity contribution in [2.45, 2.75) is 186 Å². The van der Waals surface area contributed by atoms with Crippen LogP contribution >= 0.6 is 0 Å². The van der Waals surface area contributed by atoms with Crippen LogP contribution in [0.2, 0.25) is 0 Å². The first-order valence-electron chi connectivity index (χ1n) is 20.4. The van der Waals surface area contributed by atoms with Crippen LogP contribution in [-0.2, 0) is 18.9 Å². The molecule has 312 valence electrons. The number of fused-ring (bicyclic) bond motifs is 5. The molecule has 0 aromatic heterocycles. The van der Waals surface area contributed by atoms with Crippen LogP contribution in [0.3, 0.4) is 0 Å². The number of rotatable bonds is 10. The summed E-state index contributed by atoms with van der Waals surface area (Å²) in [5, 5.41) is 94.8. The molecule has 2 saturated heterocycles. The molecule has 2 aliphatic heterocycles. The van der Waals surface area contributed by atoms with Gasteiger partial charge in [-0.2, -0.15) is 0 Å². The van der Waals surface area contributed by atoms with E-state index in [0.717, 1.165) is 32.1 Å². The number of ether oxygens (including phenoxy) is 4. The molecular formula is C41H70O13. The highest BCUT2D eigenvalue weighted by Crippen LogP contribution is 2.73. The second-order valence-corrected chi connectivity index (χ2v) is 19.9. The predicted octanol–water partition coefficient (Wildman–Crippen LogP) is 1.76. The first-order chi connectivity index (χ1) is 25.0. The van der Waals surface area contributed by atoms with Crippen LogP contribution in [-0.4, -0.2) is 138 Å². The van der Waals surface area contributed by atoms with Gasteiger partial charge >= 0.3 is 0 Å². The first kappa shape index (κ1) is 42.8. The van der Waals surface area contributed by atoms with E-state index >= 15 is 0 Å². The standard InChI is InChI=1S/C41H70O13/c1-20(9-12-28(38(4,5)50)54-36-34(49)32(47)31(46)25(18-42)52-36)29-23(43)17-41(8)22-10-11-26-37(2,3)27(53-35-33(48)30(45)24(44)19-51-35)14-15-39(26,6)21(22)13-16-40(29,41)7/h13,20,22-36,42-50H,9-12,14-19H2,1-8H3/t20-,22-,23+,24-,25-,26+,27+,28-,29+,30+,31-,32+,33-,34-,35+,36+,39-,40-,41+/m1/s1. The number of hydrogen-bond donors (Lipinski definition) is 9. The number of aliphatic hydroxyl groups is 9. The monoisotopic (exact) mass is 770 g/mol. The maximum absolute atomic E-state index is 12.0. The Morgan fingerprint density at radius 3 is 2.15 bits per heavy atom. The van der Waals surface area contributed by atoms with Gasteiger partial charge in [-0.3, -0.25) is 0 Å². The third kappa shape index (κ3) is 6.96. The molecule has 54 heavy (non-hydrogen) atoms. The molecule has 13 heteroatoms. The molecule has 0 spiro atoms. The SMILES string of the molecule is C[C@H](CC[C@@H](O[C@@H]1O[C@H](CO)[C@@H](O)[C@H](O)[C@H]1O)C(C)(C)O)[C@H]1[C@@H](O)C[C@@]2(C)[C@@H]3CC[C@H]4C(C)(C)[C@@H](O[C@@H]5OC[C@@H](O)[C@H](O)[C@H]5O)CC[C@]4(C)C3=CC[C@]12C. The Kier molecular flexibility index (Phi) is 12.0. The highest BCUT2D eigenvalue weighted by Gasteiger charge is 2.67. The lowest BCUT2D eigenvalue weighted by Gasteiger charge is -2.64. The average Bonchev–Trinajstić information content (AvgIpc) is 3.31. The van der Waals surface area contributed by atoms with Gasteiger partial charge in [-0.25, -0.2) is 0 Å². The fourth-order valence-corrected chi connectivity index (χ4v) is 12.6. The van der Waals surface area contributed by atoms with Gasteiger partial charge in [0.15, 0.2) is 12.6 Å². The predicted molar refractivity (Wildman–Crippen MR) is 196 cm³/mol. The maximum atomic E-state index is 12.0. The van der Waals surface area contributed by atoms with E-state index in [-0.39, 0.29) is 46.2 Å². The zero-order valence-corrected chi connectivity index (χ0v) is 33.5. The Labute approximate surface area is 320 Å². The lowest BCUT2D eigenvalue weighted by molar-refractivity contribution is -0.322. The van der Waals surface area contributed by atoms with Crippen LogP contribution in [0.4, 0.5) is 0 Å². The van der Waals surface area contributed by atoms with Crippen molar-refractivity contribution < 1.29 is 64.9 Å². The fraction of sp³-hybridized carbons (Fsp3) is 0.951. The third-order valence-corrected chi connectivity index (χ3v) is 16.0. The minimum atomic E-state index is -1.58. The molecule has 9 N–H and O–H groups in total. The zero-order chi connectivity index (χ0) is 39.9. The highest BCUT2D eigenvalue weighted by atomic mass is 16.7. The molecule has 0 amide bonds. The maximum Gasteiger partial charge on any atom is 0.187 e. The summed E-state index contributed by atoms with van der Waals surface area (Å²) in [6.45, 7) is 16.3. The lowest BCUT2D eigenvalue weighted by Crippen LogP contribution is -2.60. The summed E-state index contributed by atoms with van der Waals surface area (Å²) >= 11 is 0. The average molecular weight is 771 g/mol. The molecule has 4 aliphatic carbocycles. The fourth-order valence-electron chi connectivity index (χ4n) is 12.6. The Hall–Kier alpha value is -0.780. The summed E-state index contributed by atoms with van der Waals surface area (Å²) in [5.41, 5.74) is -0.526. The van der Waals surface area contributed by atoms with Crippen molar-refractivity contribution in [1.29, 1.82) is 0 Å². The number of allylic oxidation sites excluding steroid dienone is 2. The Morgan fingerprint density at radius 2 is 1.50 bits per heavy atom. The van der Waals surface area contributed by atoms with Gasteiger partial charge < -0.3 is 64.9 Å². The summed E-state index contributed by atoms with van der Waals surface area (Å²) in [4.78, 5) is 0. The summed E-state index contributed by atoms with van der Waals surface area (Å²) in [7, 11) is 0. The van der Waals surface area contributed by atoms with Crippen molar-refractivity contribution in [2.75, 3.05) is 13.2 Å². The Bertz CT molecular complexity index is 1350. The molecule has 2 heterocycles. The van der Waals surface area contributed by atoms with Gasteiger partial charge in [0.2, 0.25) is 0 Å². The van der Waals surface area contributed by atoms with Crippen molar-refractivity contribution in [3.8, 4) is 0 Å². The third-order valence-electron chi connectivity index (χ3n) is 16.0. The van der Waals surface area contributed by atoms with Gasteiger partial charge in [-0.15, -0.1) is 0 Å². The Morgan fingerprint density at radius 1 is 0.833 bits per heavy atom. The van der Waals surface area contributed by atoms with Crippen LogP contribution in [0.5, 0.6) is 0 Å². The van der Waals surface area contributed by atoms with Crippen molar-refractivity contribution in [3.63, 3.8) is 0 Å². The van der Waals surface area contributed by atoms with Gasteiger partial charge in [-0.1, -0.05) is 53.2 Å². The van der Waals surface area contributed by atoms with Gasteiger partial charge in [0.05, 0.1) is 37.1 Å². The van der Waals surface area contributed by atoms with Crippen LogP contribution in [0.15, 0.2) is 11.6 Å². The van der Waals surface area contributed by atoms with E-state index in [1.54, 1.807) is 13.8 Å². The van der Waals surface area contributed by atoms with Gasteiger partial charge in [0, 0.05) is 0 Å². The molecule has 0 aromatic rings. The van der Waals surface area contributed by atoms with E-state index in [2.05, 4.69) is 47.6 Å². The van der Waals surface area contributed by atoms with E-state index in [1.165, 1.54) is 5.57 Å². The van der Waals surface area contributed by atoms with E-state index < -0.39 is 79.7 Å². The minimum absolute atomic E-state index is 0.0167. The summed E-state index contributed by atoms with van der Waals surface area (Å²) in [6.07, 6.45) is -4.78. The van der Waals surface area contributed by atoms with Crippen molar-refractivity contribution in [2.24, 2.45) is 45.3 Å². The summed E-state index contributed by atoms with van der Waals surface area (Å²) in [5.74, 6) is 0.646. The van der Waals surface area contributed by atoms with Gasteiger partial charge in [-0.05, 0) is 111 Å². The van der Waals surface area contributed by atoms with Crippen molar-refractivity contribution in [1.82, 2.24) is 0 Å². The van der Waals surface area contributed by atoms with Crippen LogP contribution < -0.4 is 0 Å². The highest BCUT2D eigenvalue weighted by molar-refractivity contribution is 5.33. The van der Waals surface area contributed by atoms with E-state index in [9.17, 15) is 46.0 Å². The topological polar surface area (TPSA) is 219 Å². The molecule has 0 radical (unpaired) electrons. The molecular weight excluding hydrogens is 700 g/mol. The van der Waals surface area contributed by atoms with Crippen LogP contribution in [0.25, 0.3) is 0 Å². The summed E-state index contributed by atoms with van der Waals surface area (Å²) < 4.78 is 23.8. The molecule has 5 fully saturated rings. The van der Waals surface area contributed by atoms with Crippen LogP contribution in [0.1, 0.15) is 107 Å². The van der Waals surface area contributed by atoms with E-state index in [4.69, 9.17) is 18.9 Å². The molecule has 6 rings (SSSR count). The molecule has 6 aliphatic rings. The molecule has 0 aromatic carbocycles. The number of aliphatic hydroxyl groups excluding tert-OH is 8. The largest absolute Gasteiger partial charge is 0.394 e. The smallest absolute Gasteiger partial charge is 0.187 e. The zero-order valence-electron chi connectivity index (χ0n) is 33.5. The molecule has 13 nitrogen and oxygen atoms in total. The van der Waals surface area contributed by atoms with Crippen molar-refractivity contribution in [3.05, 3.63) is 11.6 Å². The normalized spacial score (nSPS) is 50.4. The number of hydrogen-bond acceptors (Lipinski definition) is 13. The molecule has 3 saturated carbocycles. The van der Waals surface area contributed by atoms with Crippen molar-refractivity contribution >= 4 is 0 Å². The lowest BCUT2D eigenvalue weighted by atomic mass is 9.41. The summed E-state index contributed by atoms with van der Waals surface area (Å²) in [6, 6.07) is 0. The van der Waals surface area contributed by atoms with Gasteiger partial charge in [0.25, 0.3) is 0 Å². The second kappa shape index (κ2) is 15.1. The Balaban J connectivity index is 1.17.